The molecule has 128 valence electrons. The predicted octanol–water partition coefficient (Wildman–Crippen LogP) is 4.40. The summed E-state index contributed by atoms with van der Waals surface area (Å²) in [6.45, 7) is 2.05. The number of aliphatic imine (C=N–C) groups is 1. The van der Waals surface area contributed by atoms with E-state index < -0.39 is 0 Å². The highest BCUT2D eigenvalue weighted by Gasteiger charge is 2.48. The number of allylic oxidation sites excluding steroid dienone is 2. The van der Waals surface area contributed by atoms with E-state index in [4.69, 9.17) is 4.99 Å². The van der Waals surface area contributed by atoms with Crippen molar-refractivity contribution in [2.24, 2.45) is 10.9 Å². The number of ketones is 2. The molecule has 0 amide bonds. The minimum Gasteiger partial charge on any atom is -0.294 e. The molecular weight excluding hydrogens is 322 g/mol. The molecule has 0 aromatic heterocycles. The van der Waals surface area contributed by atoms with Crippen molar-refractivity contribution < 1.29 is 9.59 Å². The maximum absolute atomic E-state index is 13.2. The lowest BCUT2D eigenvalue weighted by molar-refractivity contribution is -0.116. The molecule has 0 bridgehead atoms. The summed E-state index contributed by atoms with van der Waals surface area (Å²) < 4.78 is 0. The Hall–Kier alpha value is -2.81. The Bertz CT molecular complexity index is 1010. The lowest BCUT2D eigenvalue weighted by Crippen LogP contribution is -2.33. The van der Waals surface area contributed by atoms with Crippen molar-refractivity contribution in [1.29, 1.82) is 0 Å². The summed E-state index contributed by atoms with van der Waals surface area (Å²) in [5, 5.41) is 0. The van der Waals surface area contributed by atoms with E-state index in [1.165, 1.54) is 5.56 Å². The summed E-state index contributed by atoms with van der Waals surface area (Å²) in [6, 6.07) is 15.9. The molecule has 0 saturated heterocycles. The number of aryl methyl sites for hydroxylation is 1. The Morgan fingerprint density at radius 3 is 2.38 bits per heavy atom. The van der Waals surface area contributed by atoms with E-state index in [1.807, 2.05) is 31.2 Å². The number of hydrogen-bond donors (Lipinski definition) is 0. The zero-order valence-electron chi connectivity index (χ0n) is 14.7. The molecule has 2 atom stereocenters. The standard InChI is InChI=1S/C23H19NO2/c1-13-9-11-14(12-10-13)19-20-17(7-4-8-18(20)25)24-22-15-5-2-3-6-16(15)23(26)21(19)22/h2-3,5-6,9-12,19,21H,4,7-8H2,1H3/t19-,21-/m1/s1. The second-order valence-electron chi connectivity index (χ2n) is 7.41. The molecule has 0 unspecified atom stereocenters. The van der Waals surface area contributed by atoms with Gasteiger partial charge >= 0.3 is 0 Å². The topological polar surface area (TPSA) is 46.5 Å². The molecule has 1 aliphatic heterocycles. The van der Waals surface area contributed by atoms with Crippen LogP contribution < -0.4 is 0 Å². The number of benzene rings is 2. The second kappa shape index (κ2) is 5.60. The summed E-state index contributed by atoms with van der Waals surface area (Å²) >= 11 is 0. The van der Waals surface area contributed by atoms with Crippen molar-refractivity contribution in [3.05, 3.63) is 82.1 Å². The molecule has 2 aromatic carbocycles. The second-order valence-corrected chi connectivity index (χ2v) is 7.41. The molecule has 0 fully saturated rings. The van der Waals surface area contributed by atoms with E-state index in [9.17, 15) is 9.59 Å². The minimum absolute atomic E-state index is 0.0925. The quantitative estimate of drug-likeness (QED) is 0.772. The molecule has 2 aliphatic carbocycles. The van der Waals surface area contributed by atoms with Crippen LogP contribution in [0.2, 0.25) is 0 Å². The Morgan fingerprint density at radius 1 is 0.885 bits per heavy atom. The first-order chi connectivity index (χ1) is 12.6. The van der Waals surface area contributed by atoms with Crippen LogP contribution in [-0.2, 0) is 4.79 Å². The van der Waals surface area contributed by atoms with Crippen LogP contribution in [0, 0.1) is 12.8 Å². The third-order valence-corrected chi connectivity index (χ3v) is 5.81. The summed E-state index contributed by atoms with van der Waals surface area (Å²) in [6.07, 6.45) is 2.21. The Balaban J connectivity index is 1.76. The molecular formula is C23H19NO2. The van der Waals surface area contributed by atoms with Gasteiger partial charge in [-0.1, -0.05) is 54.1 Å². The summed E-state index contributed by atoms with van der Waals surface area (Å²) in [7, 11) is 0. The van der Waals surface area contributed by atoms with Crippen LogP contribution in [0.25, 0.3) is 0 Å². The Kier molecular flexibility index (Phi) is 3.33. The van der Waals surface area contributed by atoms with Crippen LogP contribution in [-0.4, -0.2) is 17.3 Å². The van der Waals surface area contributed by atoms with E-state index in [-0.39, 0.29) is 23.4 Å². The minimum atomic E-state index is -0.379. The van der Waals surface area contributed by atoms with E-state index >= 15 is 0 Å². The van der Waals surface area contributed by atoms with Gasteiger partial charge in [0, 0.05) is 34.7 Å². The van der Waals surface area contributed by atoms with E-state index in [2.05, 4.69) is 24.3 Å². The van der Waals surface area contributed by atoms with E-state index in [1.54, 1.807) is 0 Å². The van der Waals surface area contributed by atoms with E-state index in [0.717, 1.165) is 46.5 Å². The SMILES string of the molecule is Cc1ccc([C@@H]2C3=C(CCCC3=O)N=C3c4ccccc4C(=O)[C@@H]32)cc1. The number of hydrogen-bond acceptors (Lipinski definition) is 3. The van der Waals surface area contributed by atoms with Gasteiger partial charge in [0.25, 0.3) is 0 Å². The van der Waals surface area contributed by atoms with Crippen LogP contribution in [0.5, 0.6) is 0 Å². The molecule has 1 heterocycles. The number of nitrogens with zero attached hydrogens (tertiary/aromatic N) is 1. The van der Waals surface area contributed by atoms with Crippen LogP contribution in [0.1, 0.15) is 52.2 Å². The number of carbonyl (C=O) groups is 2. The maximum atomic E-state index is 13.2. The Morgan fingerprint density at radius 2 is 1.62 bits per heavy atom. The fourth-order valence-electron chi connectivity index (χ4n) is 4.58. The molecule has 3 heteroatoms. The van der Waals surface area contributed by atoms with Gasteiger partial charge in [-0.05, 0) is 25.3 Å². The largest absolute Gasteiger partial charge is 0.294 e. The van der Waals surface area contributed by atoms with Crippen molar-refractivity contribution >= 4 is 17.3 Å². The van der Waals surface area contributed by atoms with Crippen LogP contribution >= 0.6 is 0 Å². The molecule has 0 radical (unpaired) electrons. The van der Waals surface area contributed by atoms with Crippen LogP contribution in [0.4, 0.5) is 0 Å². The third-order valence-electron chi connectivity index (χ3n) is 5.81. The lowest BCUT2D eigenvalue weighted by atomic mass is 9.71. The van der Waals surface area contributed by atoms with Crippen molar-refractivity contribution in [2.75, 3.05) is 0 Å². The first kappa shape index (κ1) is 15.4. The zero-order chi connectivity index (χ0) is 17.8. The molecule has 0 saturated carbocycles. The van der Waals surface area contributed by atoms with Gasteiger partial charge in [-0.15, -0.1) is 0 Å². The number of carbonyl (C=O) groups excluding carboxylic acids is 2. The lowest BCUT2D eigenvalue weighted by Gasteiger charge is -2.33. The monoisotopic (exact) mass is 341 g/mol. The molecule has 5 rings (SSSR count). The molecule has 2 aromatic rings. The van der Waals surface area contributed by atoms with Crippen molar-refractivity contribution in [3.63, 3.8) is 0 Å². The summed E-state index contributed by atoms with van der Waals surface area (Å²) in [4.78, 5) is 30.9. The smallest absolute Gasteiger partial charge is 0.173 e. The van der Waals surface area contributed by atoms with Gasteiger partial charge in [0.2, 0.25) is 0 Å². The maximum Gasteiger partial charge on any atom is 0.173 e. The van der Waals surface area contributed by atoms with Gasteiger partial charge in [-0.2, -0.15) is 0 Å². The molecule has 0 N–H and O–H groups in total. The van der Waals surface area contributed by atoms with Crippen molar-refractivity contribution in [3.8, 4) is 0 Å². The highest BCUT2D eigenvalue weighted by Crippen LogP contribution is 2.48. The number of Topliss-reactive ketones (excluding diaryl/α,β-unsaturated/α-hetero) is 2. The van der Waals surface area contributed by atoms with Crippen LogP contribution in [0.3, 0.4) is 0 Å². The van der Waals surface area contributed by atoms with Gasteiger partial charge in [0.1, 0.15) is 0 Å². The highest BCUT2D eigenvalue weighted by atomic mass is 16.1. The van der Waals surface area contributed by atoms with Crippen molar-refractivity contribution in [2.45, 2.75) is 32.1 Å². The Labute approximate surface area is 152 Å². The predicted molar refractivity (Wildman–Crippen MR) is 101 cm³/mol. The number of fused-ring (bicyclic) bond motifs is 3. The van der Waals surface area contributed by atoms with Gasteiger partial charge < -0.3 is 0 Å². The number of rotatable bonds is 1. The van der Waals surface area contributed by atoms with Crippen molar-refractivity contribution in [1.82, 2.24) is 0 Å². The van der Waals surface area contributed by atoms with E-state index in [0.29, 0.717) is 6.42 Å². The fourth-order valence-corrected chi connectivity index (χ4v) is 4.58. The first-order valence-electron chi connectivity index (χ1n) is 9.20. The molecule has 26 heavy (non-hydrogen) atoms. The molecule has 3 nitrogen and oxygen atoms in total. The van der Waals surface area contributed by atoms with Gasteiger partial charge in [0.05, 0.1) is 11.6 Å². The van der Waals surface area contributed by atoms with Gasteiger partial charge in [-0.3, -0.25) is 14.6 Å². The first-order valence-corrected chi connectivity index (χ1v) is 9.20. The summed E-state index contributed by atoms with van der Waals surface area (Å²) in [5.74, 6) is -0.347. The van der Waals surface area contributed by atoms with Gasteiger partial charge in [-0.25, -0.2) is 0 Å². The highest BCUT2D eigenvalue weighted by molar-refractivity contribution is 6.30. The molecule has 3 aliphatic rings. The third kappa shape index (κ3) is 2.10. The average Bonchev–Trinajstić information content (AvgIpc) is 2.94. The molecule has 0 spiro atoms. The average molecular weight is 341 g/mol. The van der Waals surface area contributed by atoms with Gasteiger partial charge in [0.15, 0.2) is 11.6 Å². The summed E-state index contributed by atoms with van der Waals surface area (Å²) in [5.41, 5.74) is 6.40. The fraction of sp³-hybridized carbons (Fsp3) is 0.261. The van der Waals surface area contributed by atoms with Crippen LogP contribution in [0.15, 0.2) is 64.8 Å². The zero-order valence-corrected chi connectivity index (χ0v) is 14.7. The normalized spacial score (nSPS) is 24.1.